The first-order valence-electron chi connectivity index (χ1n) is 6.30. The predicted octanol–water partition coefficient (Wildman–Crippen LogP) is 4.96. The minimum absolute atomic E-state index is 0. The molecule has 0 saturated heterocycles. The molecule has 2 heterocycles. The standard InChI is InChI=1S/C16H10O4S2.ClH/c17-15(18)11-8-10(14-4-2-6-22-14)12(16(19)20)7-9(11)13-3-1-5-21-13;/h1-8H,(H,17,18)(H,19,20);1H. The van der Waals surface area contributed by atoms with Gasteiger partial charge in [0.1, 0.15) is 0 Å². The van der Waals surface area contributed by atoms with Crippen LogP contribution < -0.4 is 0 Å². The van der Waals surface area contributed by atoms with Gasteiger partial charge in [-0.2, -0.15) is 0 Å². The lowest BCUT2D eigenvalue weighted by molar-refractivity contribution is 0.0682. The van der Waals surface area contributed by atoms with Gasteiger partial charge in [-0.25, -0.2) is 9.59 Å². The number of benzene rings is 1. The molecule has 0 aliphatic carbocycles. The summed E-state index contributed by atoms with van der Waals surface area (Å²) in [5.74, 6) is -2.14. The third kappa shape index (κ3) is 3.29. The third-order valence-corrected chi connectivity index (χ3v) is 5.00. The minimum atomic E-state index is -1.07. The van der Waals surface area contributed by atoms with Crippen molar-refractivity contribution in [2.75, 3.05) is 0 Å². The summed E-state index contributed by atoms with van der Waals surface area (Å²) in [6.07, 6.45) is 0. The van der Waals surface area contributed by atoms with Gasteiger partial charge in [0.2, 0.25) is 0 Å². The van der Waals surface area contributed by atoms with Gasteiger partial charge in [-0.15, -0.1) is 35.1 Å². The fourth-order valence-electron chi connectivity index (χ4n) is 2.22. The van der Waals surface area contributed by atoms with E-state index in [0.29, 0.717) is 11.1 Å². The van der Waals surface area contributed by atoms with Crippen LogP contribution in [-0.2, 0) is 0 Å². The van der Waals surface area contributed by atoms with Crippen LogP contribution in [0, 0.1) is 0 Å². The lowest BCUT2D eigenvalue weighted by atomic mass is 9.96. The zero-order valence-corrected chi connectivity index (χ0v) is 14.0. The number of aromatic carboxylic acids is 2. The van der Waals surface area contributed by atoms with Crippen molar-refractivity contribution in [1.82, 2.24) is 0 Å². The summed E-state index contributed by atoms with van der Waals surface area (Å²) in [7, 11) is 0. The van der Waals surface area contributed by atoms with E-state index in [-0.39, 0.29) is 23.5 Å². The molecule has 0 amide bonds. The summed E-state index contributed by atoms with van der Waals surface area (Å²) in [6, 6.07) is 10.1. The monoisotopic (exact) mass is 366 g/mol. The lowest BCUT2D eigenvalue weighted by Crippen LogP contribution is -2.05. The second-order valence-corrected chi connectivity index (χ2v) is 6.40. The Morgan fingerprint density at radius 1 is 0.783 bits per heavy atom. The van der Waals surface area contributed by atoms with E-state index < -0.39 is 11.9 Å². The van der Waals surface area contributed by atoms with Crippen LogP contribution in [0.25, 0.3) is 20.9 Å². The van der Waals surface area contributed by atoms with Crippen molar-refractivity contribution in [2.45, 2.75) is 0 Å². The maximum absolute atomic E-state index is 11.6. The molecule has 0 atom stereocenters. The van der Waals surface area contributed by atoms with E-state index in [9.17, 15) is 19.8 Å². The van der Waals surface area contributed by atoms with Crippen LogP contribution in [0.5, 0.6) is 0 Å². The highest BCUT2D eigenvalue weighted by molar-refractivity contribution is 7.14. The molecule has 3 aromatic rings. The van der Waals surface area contributed by atoms with Crippen molar-refractivity contribution in [3.8, 4) is 20.9 Å². The molecule has 0 aliphatic heterocycles. The molecule has 2 N–H and O–H groups in total. The number of halogens is 1. The molecule has 2 aromatic heterocycles. The van der Waals surface area contributed by atoms with Gasteiger partial charge in [-0.3, -0.25) is 0 Å². The van der Waals surface area contributed by atoms with Gasteiger partial charge in [0, 0.05) is 20.9 Å². The van der Waals surface area contributed by atoms with E-state index in [1.54, 1.807) is 24.3 Å². The Labute approximate surface area is 146 Å². The fourth-order valence-corrected chi connectivity index (χ4v) is 3.74. The number of rotatable bonds is 4. The first kappa shape index (κ1) is 17.2. The first-order valence-corrected chi connectivity index (χ1v) is 8.06. The molecule has 4 nitrogen and oxygen atoms in total. The largest absolute Gasteiger partial charge is 0.478 e. The van der Waals surface area contributed by atoms with Crippen molar-refractivity contribution >= 4 is 47.0 Å². The van der Waals surface area contributed by atoms with Crippen molar-refractivity contribution < 1.29 is 19.8 Å². The van der Waals surface area contributed by atoms with Crippen LogP contribution in [0.1, 0.15) is 20.7 Å². The zero-order valence-electron chi connectivity index (χ0n) is 11.6. The van der Waals surface area contributed by atoms with Crippen LogP contribution in [0.3, 0.4) is 0 Å². The average molecular weight is 367 g/mol. The SMILES string of the molecule is Cl.O=C(O)c1cc(-c2cccs2)c(C(=O)O)cc1-c1cccs1. The summed E-state index contributed by atoms with van der Waals surface area (Å²) < 4.78 is 0. The van der Waals surface area contributed by atoms with Crippen LogP contribution in [-0.4, -0.2) is 22.2 Å². The van der Waals surface area contributed by atoms with Crippen LogP contribution >= 0.6 is 35.1 Å². The number of carboxylic acids is 2. The van der Waals surface area contributed by atoms with E-state index in [4.69, 9.17) is 0 Å². The second-order valence-electron chi connectivity index (χ2n) is 4.51. The van der Waals surface area contributed by atoms with Crippen molar-refractivity contribution in [2.24, 2.45) is 0 Å². The molecule has 7 heteroatoms. The Hall–Kier alpha value is -2.15. The number of hydrogen-bond acceptors (Lipinski definition) is 4. The van der Waals surface area contributed by atoms with Gasteiger partial charge in [0.25, 0.3) is 0 Å². The molecule has 3 rings (SSSR count). The third-order valence-electron chi connectivity index (χ3n) is 3.19. The van der Waals surface area contributed by atoms with E-state index in [1.165, 1.54) is 34.8 Å². The molecule has 0 aliphatic rings. The molecule has 0 saturated carbocycles. The molecular weight excluding hydrogens is 356 g/mol. The first-order chi connectivity index (χ1) is 10.6. The van der Waals surface area contributed by atoms with Crippen molar-refractivity contribution in [1.29, 1.82) is 0 Å². The average Bonchev–Trinajstić information content (AvgIpc) is 3.19. The van der Waals surface area contributed by atoms with Crippen molar-refractivity contribution in [3.63, 3.8) is 0 Å². The van der Waals surface area contributed by atoms with Crippen LogP contribution in [0.15, 0.2) is 47.2 Å². The molecule has 23 heavy (non-hydrogen) atoms. The highest BCUT2D eigenvalue weighted by Gasteiger charge is 2.21. The number of thiophene rings is 2. The Morgan fingerprint density at radius 2 is 1.17 bits per heavy atom. The van der Waals surface area contributed by atoms with E-state index >= 15 is 0 Å². The van der Waals surface area contributed by atoms with E-state index in [0.717, 1.165) is 9.75 Å². The van der Waals surface area contributed by atoms with Crippen molar-refractivity contribution in [3.05, 3.63) is 58.3 Å². The molecule has 0 unspecified atom stereocenters. The van der Waals surface area contributed by atoms with Crippen LogP contribution in [0.4, 0.5) is 0 Å². The van der Waals surface area contributed by atoms with Gasteiger partial charge < -0.3 is 10.2 Å². The van der Waals surface area contributed by atoms with Gasteiger partial charge in [-0.1, -0.05) is 12.1 Å². The Balaban J connectivity index is 0.00000192. The molecule has 0 radical (unpaired) electrons. The summed E-state index contributed by atoms with van der Waals surface area (Å²) in [5.41, 5.74) is 1.08. The molecular formula is C16H11ClO4S2. The molecule has 118 valence electrons. The maximum atomic E-state index is 11.6. The normalized spacial score (nSPS) is 10.1. The number of hydrogen-bond donors (Lipinski definition) is 2. The highest BCUT2D eigenvalue weighted by Crippen LogP contribution is 2.36. The predicted molar refractivity (Wildman–Crippen MR) is 94.2 cm³/mol. The molecule has 0 bridgehead atoms. The van der Waals surface area contributed by atoms with E-state index in [1.807, 2.05) is 10.8 Å². The Bertz CT molecular complexity index is 767. The molecule has 1 aromatic carbocycles. The summed E-state index contributed by atoms with van der Waals surface area (Å²) in [4.78, 5) is 24.6. The van der Waals surface area contributed by atoms with Crippen LogP contribution in [0.2, 0.25) is 0 Å². The van der Waals surface area contributed by atoms with Gasteiger partial charge in [0.05, 0.1) is 11.1 Å². The van der Waals surface area contributed by atoms with Gasteiger partial charge in [0.15, 0.2) is 0 Å². The fraction of sp³-hybridized carbons (Fsp3) is 0. The molecule has 0 spiro atoms. The minimum Gasteiger partial charge on any atom is -0.478 e. The summed E-state index contributed by atoms with van der Waals surface area (Å²) >= 11 is 2.76. The highest BCUT2D eigenvalue weighted by atomic mass is 35.5. The quantitative estimate of drug-likeness (QED) is 0.684. The zero-order chi connectivity index (χ0) is 15.7. The smallest absolute Gasteiger partial charge is 0.336 e. The molecule has 0 fully saturated rings. The Kier molecular flexibility index (Phi) is 5.20. The van der Waals surface area contributed by atoms with Gasteiger partial charge in [-0.05, 0) is 35.0 Å². The Morgan fingerprint density at radius 3 is 1.43 bits per heavy atom. The lowest BCUT2D eigenvalue weighted by Gasteiger charge is -2.10. The second kappa shape index (κ2) is 6.95. The van der Waals surface area contributed by atoms with Gasteiger partial charge >= 0.3 is 11.9 Å². The summed E-state index contributed by atoms with van der Waals surface area (Å²) in [5, 5.41) is 22.6. The van der Waals surface area contributed by atoms with E-state index in [2.05, 4.69) is 0 Å². The summed E-state index contributed by atoms with van der Waals surface area (Å²) in [6.45, 7) is 0. The number of carboxylic acid groups (broad SMARTS) is 2. The maximum Gasteiger partial charge on any atom is 0.336 e. The number of carbonyl (C=O) groups is 2. The topological polar surface area (TPSA) is 74.6 Å².